The zero-order valence-electron chi connectivity index (χ0n) is 11.2. The van der Waals surface area contributed by atoms with Gasteiger partial charge in [-0.3, -0.25) is 0 Å². The maximum absolute atomic E-state index is 5.73. The Kier molecular flexibility index (Phi) is 7.33. The summed E-state index contributed by atoms with van der Waals surface area (Å²) >= 11 is 0. The van der Waals surface area contributed by atoms with Crippen molar-refractivity contribution in [2.75, 3.05) is 19.7 Å². The normalized spacial score (nSPS) is 19.3. The maximum Gasteiger partial charge on any atom is 0.0716 e. The molecule has 0 amide bonds. The molecule has 1 unspecified atom stereocenters. The van der Waals surface area contributed by atoms with Crippen LogP contribution in [0.5, 0.6) is 0 Å². The predicted molar refractivity (Wildman–Crippen MR) is 78.3 cm³/mol. The molecule has 102 valence electrons. The van der Waals surface area contributed by atoms with Crippen molar-refractivity contribution >= 4 is 12.4 Å². The van der Waals surface area contributed by atoms with Gasteiger partial charge in [0.05, 0.1) is 6.61 Å². The lowest BCUT2D eigenvalue weighted by molar-refractivity contribution is 0.103. The van der Waals surface area contributed by atoms with Gasteiger partial charge in [0.1, 0.15) is 0 Å². The Morgan fingerprint density at radius 2 is 2.06 bits per heavy atom. The van der Waals surface area contributed by atoms with Crippen LogP contribution in [0.25, 0.3) is 0 Å². The highest BCUT2D eigenvalue weighted by atomic mass is 35.5. The third-order valence-electron chi connectivity index (χ3n) is 3.46. The van der Waals surface area contributed by atoms with E-state index in [0.29, 0.717) is 0 Å². The van der Waals surface area contributed by atoms with Crippen LogP contribution in [-0.4, -0.2) is 19.7 Å². The molecule has 0 saturated carbocycles. The van der Waals surface area contributed by atoms with E-state index in [1.54, 1.807) is 0 Å². The van der Waals surface area contributed by atoms with Gasteiger partial charge >= 0.3 is 0 Å². The zero-order valence-corrected chi connectivity index (χ0v) is 12.0. The molecule has 2 nitrogen and oxygen atoms in total. The summed E-state index contributed by atoms with van der Waals surface area (Å²) in [4.78, 5) is 0. The molecule has 1 aromatic rings. The van der Waals surface area contributed by atoms with Crippen LogP contribution >= 0.6 is 12.4 Å². The summed E-state index contributed by atoms with van der Waals surface area (Å²) < 4.78 is 5.73. The minimum Gasteiger partial charge on any atom is -0.377 e. The average Bonchev–Trinajstić information content (AvgIpc) is 2.38. The molecule has 3 heteroatoms. The van der Waals surface area contributed by atoms with E-state index in [0.717, 1.165) is 19.1 Å². The van der Waals surface area contributed by atoms with Gasteiger partial charge in [0.2, 0.25) is 0 Å². The van der Waals surface area contributed by atoms with E-state index in [1.807, 2.05) is 0 Å². The van der Waals surface area contributed by atoms with Crippen molar-refractivity contribution in [2.45, 2.75) is 32.8 Å². The molecular formula is C15H24ClNO. The van der Waals surface area contributed by atoms with E-state index < -0.39 is 0 Å². The van der Waals surface area contributed by atoms with Crippen LogP contribution in [0.4, 0.5) is 0 Å². The fourth-order valence-electron chi connectivity index (χ4n) is 2.29. The second-order valence-corrected chi connectivity index (χ2v) is 5.04. The highest BCUT2D eigenvalue weighted by molar-refractivity contribution is 5.85. The first-order valence-electron chi connectivity index (χ1n) is 6.68. The van der Waals surface area contributed by atoms with Gasteiger partial charge in [0, 0.05) is 6.61 Å². The fraction of sp³-hybridized carbons (Fsp3) is 0.600. The van der Waals surface area contributed by atoms with Crippen LogP contribution in [0.1, 0.15) is 30.4 Å². The number of hydrogen-bond donors (Lipinski definition) is 1. The molecular weight excluding hydrogens is 246 g/mol. The van der Waals surface area contributed by atoms with E-state index in [-0.39, 0.29) is 12.4 Å². The summed E-state index contributed by atoms with van der Waals surface area (Å²) in [6.07, 6.45) is 3.88. The Hall–Kier alpha value is -0.570. The first kappa shape index (κ1) is 15.5. The Balaban J connectivity index is 0.00000162. The quantitative estimate of drug-likeness (QED) is 0.828. The minimum atomic E-state index is 0. The summed E-state index contributed by atoms with van der Waals surface area (Å²) in [7, 11) is 0. The Morgan fingerprint density at radius 1 is 1.28 bits per heavy atom. The summed E-state index contributed by atoms with van der Waals surface area (Å²) in [5, 5.41) is 3.44. The largest absolute Gasteiger partial charge is 0.377 e. The predicted octanol–water partition coefficient (Wildman–Crippen LogP) is 3.32. The molecule has 0 aromatic heterocycles. The number of rotatable bonds is 5. The maximum atomic E-state index is 5.73. The second kappa shape index (κ2) is 8.52. The molecule has 18 heavy (non-hydrogen) atoms. The monoisotopic (exact) mass is 269 g/mol. The Labute approximate surface area is 117 Å². The van der Waals surface area contributed by atoms with Crippen molar-refractivity contribution in [1.29, 1.82) is 0 Å². The van der Waals surface area contributed by atoms with Gasteiger partial charge in [-0.2, -0.15) is 0 Å². The van der Waals surface area contributed by atoms with Crippen LogP contribution in [0, 0.1) is 12.8 Å². The molecule has 2 rings (SSSR count). The lowest BCUT2D eigenvalue weighted by Crippen LogP contribution is -2.30. The van der Waals surface area contributed by atoms with Crippen molar-refractivity contribution in [3.05, 3.63) is 35.4 Å². The number of piperidine rings is 1. The van der Waals surface area contributed by atoms with E-state index in [1.165, 1.54) is 43.5 Å². The smallest absolute Gasteiger partial charge is 0.0716 e. The van der Waals surface area contributed by atoms with Crippen molar-refractivity contribution < 1.29 is 4.74 Å². The fourth-order valence-corrected chi connectivity index (χ4v) is 2.29. The highest BCUT2D eigenvalue weighted by Gasteiger charge is 2.12. The van der Waals surface area contributed by atoms with E-state index in [2.05, 4.69) is 36.5 Å². The molecule has 1 fully saturated rings. The topological polar surface area (TPSA) is 21.3 Å². The molecule has 1 aromatic carbocycles. The minimum absolute atomic E-state index is 0. The summed E-state index contributed by atoms with van der Waals surface area (Å²) in [5.74, 6) is 0.821. The van der Waals surface area contributed by atoms with Gasteiger partial charge in [-0.15, -0.1) is 12.4 Å². The van der Waals surface area contributed by atoms with Gasteiger partial charge in [-0.1, -0.05) is 29.8 Å². The Morgan fingerprint density at radius 3 is 2.72 bits per heavy atom. The number of aryl methyl sites for hydroxylation is 1. The first-order valence-corrected chi connectivity index (χ1v) is 6.68. The van der Waals surface area contributed by atoms with E-state index in [9.17, 15) is 0 Å². The molecule has 1 saturated heterocycles. The molecule has 0 bridgehead atoms. The number of halogens is 1. The van der Waals surface area contributed by atoms with Crippen LogP contribution in [0.2, 0.25) is 0 Å². The van der Waals surface area contributed by atoms with Gasteiger partial charge in [0.15, 0.2) is 0 Å². The third kappa shape index (κ3) is 5.38. The average molecular weight is 270 g/mol. The second-order valence-electron chi connectivity index (χ2n) is 5.04. The van der Waals surface area contributed by atoms with E-state index in [4.69, 9.17) is 4.74 Å². The first-order chi connectivity index (χ1) is 8.34. The molecule has 1 aliphatic rings. The lowest BCUT2D eigenvalue weighted by Gasteiger charge is -2.22. The third-order valence-corrected chi connectivity index (χ3v) is 3.46. The van der Waals surface area contributed by atoms with Gasteiger partial charge < -0.3 is 10.1 Å². The van der Waals surface area contributed by atoms with Crippen LogP contribution in [-0.2, 0) is 11.3 Å². The van der Waals surface area contributed by atoms with Crippen molar-refractivity contribution in [2.24, 2.45) is 5.92 Å². The van der Waals surface area contributed by atoms with Crippen LogP contribution in [0.3, 0.4) is 0 Å². The number of nitrogens with one attached hydrogen (secondary N) is 1. The summed E-state index contributed by atoms with van der Waals surface area (Å²) in [6.45, 7) is 6.12. The molecule has 1 heterocycles. The SMILES string of the molecule is Cc1ccc(COCCC2CCCNC2)cc1.Cl. The number of hydrogen-bond acceptors (Lipinski definition) is 2. The van der Waals surface area contributed by atoms with E-state index >= 15 is 0 Å². The van der Waals surface area contributed by atoms with Crippen LogP contribution in [0.15, 0.2) is 24.3 Å². The molecule has 0 radical (unpaired) electrons. The van der Waals surface area contributed by atoms with Crippen molar-refractivity contribution in [1.82, 2.24) is 5.32 Å². The Bertz CT molecular complexity index is 320. The summed E-state index contributed by atoms with van der Waals surface area (Å²) in [6, 6.07) is 8.59. The zero-order chi connectivity index (χ0) is 11.9. The summed E-state index contributed by atoms with van der Waals surface area (Å²) in [5.41, 5.74) is 2.58. The molecule has 0 spiro atoms. The van der Waals surface area contributed by atoms with Gasteiger partial charge in [0.25, 0.3) is 0 Å². The number of ether oxygens (including phenoxy) is 1. The van der Waals surface area contributed by atoms with Gasteiger partial charge in [-0.05, 0) is 50.8 Å². The highest BCUT2D eigenvalue weighted by Crippen LogP contribution is 2.14. The molecule has 1 aliphatic heterocycles. The molecule has 0 aliphatic carbocycles. The van der Waals surface area contributed by atoms with Crippen LogP contribution < -0.4 is 5.32 Å². The molecule has 1 N–H and O–H groups in total. The standard InChI is InChI=1S/C15H23NO.ClH/c1-13-4-6-15(7-5-13)12-17-10-8-14-3-2-9-16-11-14;/h4-7,14,16H,2-3,8-12H2,1H3;1H. The van der Waals surface area contributed by atoms with Crippen molar-refractivity contribution in [3.63, 3.8) is 0 Å². The van der Waals surface area contributed by atoms with Crippen molar-refractivity contribution in [3.8, 4) is 0 Å². The van der Waals surface area contributed by atoms with Gasteiger partial charge in [-0.25, -0.2) is 0 Å². The molecule has 1 atom stereocenters. The lowest BCUT2D eigenvalue weighted by atomic mass is 9.97. The number of benzene rings is 1.